The number of amides is 2. The van der Waals surface area contributed by atoms with Crippen LogP contribution in [0.15, 0.2) is 43.1 Å². The van der Waals surface area contributed by atoms with Crippen LogP contribution < -0.4 is 10.2 Å². The van der Waals surface area contributed by atoms with Gasteiger partial charge in [-0.25, -0.2) is 23.5 Å². The number of rotatable bonds is 5. The number of nitrogens with one attached hydrogen (secondary N) is 2. The van der Waals surface area contributed by atoms with E-state index in [2.05, 4.69) is 31.4 Å². The van der Waals surface area contributed by atoms with Gasteiger partial charge in [0.1, 0.15) is 29.1 Å². The number of hydrogen-bond acceptors (Lipinski definition) is 6. The average Bonchev–Trinajstić information content (AvgIpc) is 3.59. The molecule has 5 heterocycles. The van der Waals surface area contributed by atoms with Crippen molar-refractivity contribution in [1.29, 1.82) is 5.26 Å². The Morgan fingerprint density at radius 1 is 1.16 bits per heavy atom. The molecule has 0 atom stereocenters. The molecule has 0 saturated carbocycles. The van der Waals surface area contributed by atoms with Gasteiger partial charge in [0.15, 0.2) is 0 Å². The molecule has 0 aliphatic carbocycles. The second-order valence-corrected chi connectivity index (χ2v) is 9.81. The number of nitriles is 1. The van der Waals surface area contributed by atoms with Crippen LogP contribution in [-0.4, -0.2) is 61.8 Å². The number of carbonyl (C=O) groups excluding carboxylic acids is 1. The van der Waals surface area contributed by atoms with Crippen LogP contribution in [0.1, 0.15) is 25.7 Å². The molecule has 6 rings (SSSR count). The van der Waals surface area contributed by atoms with Crippen LogP contribution >= 0.6 is 0 Å². The van der Waals surface area contributed by atoms with Crippen LogP contribution in [0.25, 0.3) is 22.3 Å². The predicted molar refractivity (Wildman–Crippen MR) is 136 cm³/mol. The second kappa shape index (κ2) is 9.41. The van der Waals surface area contributed by atoms with Crippen LogP contribution in [-0.2, 0) is 5.54 Å². The van der Waals surface area contributed by atoms with Crippen molar-refractivity contribution in [2.45, 2.75) is 31.2 Å². The molecule has 2 N–H and O–H groups in total. The summed E-state index contributed by atoms with van der Waals surface area (Å²) in [6.45, 7) is 1.73. The van der Waals surface area contributed by atoms with Gasteiger partial charge in [-0.3, -0.25) is 4.68 Å². The molecule has 2 saturated heterocycles. The molecule has 194 valence electrons. The van der Waals surface area contributed by atoms with Gasteiger partial charge >= 0.3 is 6.03 Å². The minimum Gasteiger partial charge on any atom is -0.364 e. The quantitative estimate of drug-likeness (QED) is 0.409. The molecule has 2 fully saturated rings. The maximum atomic E-state index is 15.1. The van der Waals surface area contributed by atoms with Crippen LogP contribution in [0.5, 0.6) is 0 Å². The zero-order chi connectivity index (χ0) is 26.3. The molecule has 0 radical (unpaired) electrons. The highest BCUT2D eigenvalue weighted by molar-refractivity contribution is 5.90. The van der Waals surface area contributed by atoms with E-state index in [1.54, 1.807) is 26.9 Å². The van der Waals surface area contributed by atoms with Crippen LogP contribution in [0, 0.1) is 23.0 Å². The number of nitrogens with zero attached hydrogens (tertiary/aromatic N) is 7. The Morgan fingerprint density at radius 3 is 2.76 bits per heavy atom. The van der Waals surface area contributed by atoms with Crippen molar-refractivity contribution in [1.82, 2.24) is 29.6 Å². The summed E-state index contributed by atoms with van der Waals surface area (Å²) in [5.74, 6) is -1.37. The lowest BCUT2D eigenvalue weighted by atomic mass is 9.86. The summed E-state index contributed by atoms with van der Waals surface area (Å²) < 4.78 is 31.7. The number of piperidine rings is 1. The van der Waals surface area contributed by atoms with Gasteiger partial charge in [0.2, 0.25) is 0 Å². The fraction of sp³-hybridized carbons (Fsp3) is 0.346. The molecule has 2 aliphatic heterocycles. The third-order valence-electron chi connectivity index (χ3n) is 7.34. The second-order valence-electron chi connectivity index (χ2n) is 9.81. The number of benzene rings is 1. The Kier molecular flexibility index (Phi) is 5.90. The van der Waals surface area contributed by atoms with Crippen molar-refractivity contribution in [3.63, 3.8) is 0 Å². The van der Waals surface area contributed by atoms with E-state index in [0.717, 1.165) is 42.3 Å². The van der Waals surface area contributed by atoms with Gasteiger partial charge in [0.25, 0.3) is 0 Å². The normalized spacial score (nSPS) is 16.8. The SMILES string of the molecule is N#CCC1(n2cc(-c3ncnc4[nH]ccc34)cn2)CN(c2cc(F)c(NC(=O)N3CCCCC3)cc2F)C1. The number of aromatic nitrogens is 5. The monoisotopic (exact) mass is 517 g/mol. The van der Waals surface area contributed by atoms with E-state index < -0.39 is 23.2 Å². The summed E-state index contributed by atoms with van der Waals surface area (Å²) in [4.78, 5) is 27.4. The van der Waals surface area contributed by atoms with Crippen LogP contribution in [0.2, 0.25) is 0 Å². The number of aromatic amines is 1. The molecule has 10 nitrogen and oxygen atoms in total. The number of fused-ring (bicyclic) bond motifs is 1. The van der Waals surface area contributed by atoms with E-state index in [0.29, 0.717) is 24.4 Å². The third-order valence-corrected chi connectivity index (χ3v) is 7.34. The lowest BCUT2D eigenvalue weighted by molar-refractivity contribution is 0.197. The van der Waals surface area contributed by atoms with E-state index >= 15 is 4.39 Å². The van der Waals surface area contributed by atoms with E-state index in [-0.39, 0.29) is 30.9 Å². The number of anilines is 2. The summed E-state index contributed by atoms with van der Waals surface area (Å²) in [5.41, 5.74) is 1.35. The van der Waals surface area contributed by atoms with Gasteiger partial charge < -0.3 is 20.1 Å². The van der Waals surface area contributed by atoms with Crippen molar-refractivity contribution in [2.24, 2.45) is 0 Å². The third kappa shape index (κ3) is 4.09. The van der Waals surface area contributed by atoms with E-state index in [1.807, 2.05) is 12.3 Å². The maximum absolute atomic E-state index is 15.1. The van der Waals surface area contributed by atoms with Gasteiger partial charge in [-0.05, 0) is 25.3 Å². The van der Waals surface area contributed by atoms with Gasteiger partial charge in [0.05, 0.1) is 35.8 Å². The Hall–Kier alpha value is -4.53. The predicted octanol–water partition coefficient (Wildman–Crippen LogP) is 4.25. The largest absolute Gasteiger partial charge is 0.364 e. The maximum Gasteiger partial charge on any atom is 0.321 e. The molecule has 1 aromatic carbocycles. The van der Waals surface area contributed by atoms with Gasteiger partial charge in [-0.1, -0.05) is 0 Å². The molecule has 0 bridgehead atoms. The summed E-state index contributed by atoms with van der Waals surface area (Å²) in [5, 5.41) is 17.4. The number of halogens is 2. The van der Waals surface area contributed by atoms with Gasteiger partial charge in [0, 0.05) is 61.7 Å². The lowest BCUT2D eigenvalue weighted by Crippen LogP contribution is -2.63. The number of hydrogen-bond donors (Lipinski definition) is 2. The van der Waals surface area contributed by atoms with Crippen molar-refractivity contribution >= 4 is 28.4 Å². The van der Waals surface area contributed by atoms with Gasteiger partial charge in [-0.15, -0.1) is 0 Å². The smallest absolute Gasteiger partial charge is 0.321 e. The summed E-state index contributed by atoms with van der Waals surface area (Å²) >= 11 is 0. The minimum atomic E-state index is -0.717. The first-order valence-electron chi connectivity index (χ1n) is 12.5. The zero-order valence-electron chi connectivity index (χ0n) is 20.5. The molecule has 2 aliphatic rings. The molecule has 2 amide bonds. The zero-order valence-corrected chi connectivity index (χ0v) is 20.5. The lowest BCUT2D eigenvalue weighted by Gasteiger charge is -2.50. The van der Waals surface area contributed by atoms with Crippen LogP contribution in [0.3, 0.4) is 0 Å². The molecular formula is C26H25F2N9O. The average molecular weight is 518 g/mol. The van der Waals surface area contributed by atoms with Crippen molar-refractivity contribution < 1.29 is 13.6 Å². The van der Waals surface area contributed by atoms with E-state index in [4.69, 9.17) is 0 Å². The van der Waals surface area contributed by atoms with Crippen molar-refractivity contribution in [3.8, 4) is 17.3 Å². The summed E-state index contributed by atoms with van der Waals surface area (Å²) in [7, 11) is 0. The molecule has 3 aromatic heterocycles. The Labute approximate surface area is 216 Å². The summed E-state index contributed by atoms with van der Waals surface area (Å²) in [6.07, 6.45) is 9.75. The first-order chi connectivity index (χ1) is 18.5. The van der Waals surface area contributed by atoms with E-state index in [1.165, 1.54) is 6.33 Å². The van der Waals surface area contributed by atoms with Crippen molar-refractivity contribution in [2.75, 3.05) is 36.4 Å². The number of urea groups is 1. The number of H-pyrrole nitrogens is 1. The highest BCUT2D eigenvalue weighted by Gasteiger charge is 2.46. The van der Waals surface area contributed by atoms with Crippen molar-refractivity contribution in [3.05, 3.63) is 54.8 Å². The first kappa shape index (κ1) is 23.8. The van der Waals surface area contributed by atoms with Crippen LogP contribution in [0.4, 0.5) is 25.0 Å². The minimum absolute atomic E-state index is 0.0734. The summed E-state index contributed by atoms with van der Waals surface area (Å²) in [6, 6.07) is 5.77. The molecule has 12 heteroatoms. The van der Waals surface area contributed by atoms with Gasteiger partial charge in [-0.2, -0.15) is 10.4 Å². The first-order valence-corrected chi connectivity index (χ1v) is 12.5. The standard InChI is InChI=1S/C26H25F2N9O/c27-19-11-22(20(28)10-21(19)34-25(38)35-8-2-1-3-9-35)36-14-26(15-36,5-6-29)37-13-17(12-33-37)23-18-4-7-30-24(18)32-16-31-23/h4,7,10-13,16H,1-3,5,8-9,14-15H2,(H,34,38)(H,30,31,32). The topological polar surface area (TPSA) is 119 Å². The van der Waals surface area contributed by atoms with E-state index in [9.17, 15) is 14.4 Å². The molecule has 0 spiro atoms. The Morgan fingerprint density at radius 2 is 1.97 bits per heavy atom. The molecule has 0 unspecified atom stereocenters. The fourth-order valence-corrected chi connectivity index (χ4v) is 5.29. The number of carbonyl (C=O) groups is 1. The number of likely N-dealkylation sites (tertiary alicyclic amines) is 1. The highest BCUT2D eigenvalue weighted by atomic mass is 19.1. The fourth-order valence-electron chi connectivity index (χ4n) is 5.29. The molecule has 4 aromatic rings. The molecular weight excluding hydrogens is 492 g/mol. The Bertz CT molecular complexity index is 1540. The molecule has 38 heavy (non-hydrogen) atoms. The highest BCUT2D eigenvalue weighted by Crippen LogP contribution is 2.39. The Balaban J connectivity index is 1.21.